The predicted octanol–water partition coefficient (Wildman–Crippen LogP) is 4.54. The fourth-order valence-corrected chi connectivity index (χ4v) is 2.27. The summed E-state index contributed by atoms with van der Waals surface area (Å²) < 4.78 is 0. The van der Waals surface area contributed by atoms with E-state index in [0.717, 1.165) is 24.4 Å². The number of aryl methyl sites for hydroxylation is 2. The molecule has 0 amide bonds. The molecule has 0 fully saturated rings. The zero-order valence-corrected chi connectivity index (χ0v) is 14.7. The molecule has 1 atom stereocenters. The van der Waals surface area contributed by atoms with Gasteiger partial charge in [0.05, 0.1) is 0 Å². The Morgan fingerprint density at radius 3 is 1.90 bits per heavy atom. The smallest absolute Gasteiger partial charge is 0.0378 e. The highest BCUT2D eigenvalue weighted by Gasteiger charge is 2.14. The molecule has 1 aromatic rings. The van der Waals surface area contributed by atoms with Crippen LogP contribution in [0.1, 0.15) is 58.5 Å². The number of nitrogens with zero attached hydrogens (tertiary/aromatic N) is 1. The zero-order chi connectivity index (χ0) is 15.7. The largest absolute Gasteiger partial charge is 0.314 e. The Labute approximate surface area is 126 Å². The fraction of sp³-hybridized carbons (Fsp3) is 0.722. The minimum Gasteiger partial charge on any atom is -0.314 e. The van der Waals surface area contributed by atoms with Gasteiger partial charge in [0, 0.05) is 17.4 Å². The maximum absolute atomic E-state index is 4.45. The second kappa shape index (κ2) is 9.93. The molecule has 0 saturated heterocycles. The standard InChI is InChI=1S/C16H28N2.C2H6/c1-11(2)16(10-17-12(3)4)9-15-7-13(5)18-14(6)8-15;1-2/h7-8,11-12,16-17H,9-10H2,1-6H3;1-2H3. The van der Waals surface area contributed by atoms with Crippen LogP contribution in [0, 0.1) is 25.7 Å². The first-order valence-electron chi connectivity index (χ1n) is 8.06. The molecule has 1 aromatic heterocycles. The van der Waals surface area contributed by atoms with E-state index in [1.54, 1.807) is 0 Å². The highest BCUT2D eigenvalue weighted by Crippen LogP contribution is 2.18. The van der Waals surface area contributed by atoms with Gasteiger partial charge in [0.15, 0.2) is 0 Å². The van der Waals surface area contributed by atoms with Crippen molar-refractivity contribution in [2.75, 3.05) is 6.54 Å². The molecule has 0 aromatic carbocycles. The molecule has 2 heteroatoms. The van der Waals surface area contributed by atoms with Crippen molar-refractivity contribution >= 4 is 0 Å². The van der Waals surface area contributed by atoms with Gasteiger partial charge in [-0.25, -0.2) is 0 Å². The highest BCUT2D eigenvalue weighted by atomic mass is 14.9. The summed E-state index contributed by atoms with van der Waals surface area (Å²) >= 11 is 0. The van der Waals surface area contributed by atoms with Gasteiger partial charge in [0.1, 0.15) is 0 Å². The lowest BCUT2D eigenvalue weighted by molar-refractivity contribution is 0.349. The second-order valence-corrected chi connectivity index (χ2v) is 6.03. The summed E-state index contributed by atoms with van der Waals surface area (Å²) in [6.45, 7) is 18.3. The monoisotopic (exact) mass is 278 g/mol. The number of hydrogen-bond acceptors (Lipinski definition) is 2. The third-order valence-electron chi connectivity index (χ3n) is 3.37. The Kier molecular flexibility index (Phi) is 9.49. The molecule has 0 bridgehead atoms. The van der Waals surface area contributed by atoms with Crippen LogP contribution < -0.4 is 5.32 Å². The van der Waals surface area contributed by atoms with Crippen molar-refractivity contribution < 1.29 is 0 Å². The normalized spacial score (nSPS) is 12.3. The first kappa shape index (κ1) is 19.1. The lowest BCUT2D eigenvalue weighted by atomic mass is 9.89. The van der Waals surface area contributed by atoms with Crippen molar-refractivity contribution in [3.8, 4) is 0 Å². The van der Waals surface area contributed by atoms with Crippen LogP contribution in [-0.2, 0) is 6.42 Å². The molecule has 0 aliphatic carbocycles. The van der Waals surface area contributed by atoms with Crippen LogP contribution in [0.15, 0.2) is 12.1 Å². The van der Waals surface area contributed by atoms with Gasteiger partial charge >= 0.3 is 0 Å². The van der Waals surface area contributed by atoms with Gasteiger partial charge < -0.3 is 5.32 Å². The van der Waals surface area contributed by atoms with Crippen molar-refractivity contribution in [1.29, 1.82) is 0 Å². The average molecular weight is 278 g/mol. The Morgan fingerprint density at radius 1 is 1.00 bits per heavy atom. The van der Waals surface area contributed by atoms with Gasteiger partial charge in [-0.05, 0) is 56.3 Å². The molecule has 1 N–H and O–H groups in total. The van der Waals surface area contributed by atoms with E-state index in [-0.39, 0.29) is 0 Å². The van der Waals surface area contributed by atoms with Crippen molar-refractivity contribution in [3.05, 3.63) is 29.1 Å². The second-order valence-electron chi connectivity index (χ2n) is 6.03. The Balaban J connectivity index is 0.00000172. The number of pyridine rings is 1. The van der Waals surface area contributed by atoms with Gasteiger partial charge in [-0.2, -0.15) is 0 Å². The number of nitrogens with one attached hydrogen (secondary N) is 1. The Bertz CT molecular complexity index is 349. The van der Waals surface area contributed by atoms with E-state index in [9.17, 15) is 0 Å². The van der Waals surface area contributed by atoms with E-state index in [1.807, 2.05) is 13.8 Å². The molecule has 2 nitrogen and oxygen atoms in total. The van der Waals surface area contributed by atoms with E-state index in [4.69, 9.17) is 0 Å². The first-order chi connectivity index (χ1) is 9.38. The van der Waals surface area contributed by atoms with Crippen molar-refractivity contribution in [2.24, 2.45) is 11.8 Å². The van der Waals surface area contributed by atoms with Crippen molar-refractivity contribution in [2.45, 2.75) is 67.9 Å². The molecular weight excluding hydrogens is 244 g/mol. The molecular formula is C18H34N2. The summed E-state index contributed by atoms with van der Waals surface area (Å²) in [6, 6.07) is 5.00. The summed E-state index contributed by atoms with van der Waals surface area (Å²) in [6.07, 6.45) is 1.14. The van der Waals surface area contributed by atoms with Gasteiger partial charge in [0.2, 0.25) is 0 Å². The lowest BCUT2D eigenvalue weighted by Gasteiger charge is -2.23. The van der Waals surface area contributed by atoms with Crippen LogP contribution in [-0.4, -0.2) is 17.6 Å². The van der Waals surface area contributed by atoms with Gasteiger partial charge in [-0.15, -0.1) is 0 Å². The highest BCUT2D eigenvalue weighted by molar-refractivity contribution is 5.20. The summed E-state index contributed by atoms with van der Waals surface area (Å²) in [5.41, 5.74) is 3.68. The average Bonchev–Trinajstić information content (AvgIpc) is 2.35. The number of aromatic nitrogens is 1. The topological polar surface area (TPSA) is 24.9 Å². The van der Waals surface area contributed by atoms with E-state index in [2.05, 4.69) is 64.0 Å². The Hall–Kier alpha value is -0.890. The van der Waals surface area contributed by atoms with Gasteiger partial charge in [-0.1, -0.05) is 41.5 Å². The maximum Gasteiger partial charge on any atom is 0.0378 e. The molecule has 0 aliphatic heterocycles. The van der Waals surface area contributed by atoms with Crippen LogP contribution in [0.2, 0.25) is 0 Å². The fourth-order valence-electron chi connectivity index (χ4n) is 2.27. The van der Waals surface area contributed by atoms with Crippen molar-refractivity contribution in [1.82, 2.24) is 10.3 Å². The zero-order valence-electron chi connectivity index (χ0n) is 14.7. The Morgan fingerprint density at radius 2 is 1.50 bits per heavy atom. The third-order valence-corrected chi connectivity index (χ3v) is 3.37. The predicted molar refractivity (Wildman–Crippen MR) is 90.2 cm³/mol. The first-order valence-corrected chi connectivity index (χ1v) is 8.06. The van der Waals surface area contributed by atoms with Gasteiger partial charge in [-0.3, -0.25) is 4.98 Å². The summed E-state index contributed by atoms with van der Waals surface area (Å²) in [5.74, 6) is 1.39. The SMILES string of the molecule is CC.Cc1cc(CC(CNC(C)C)C(C)C)cc(C)n1. The molecule has 0 spiro atoms. The molecule has 1 rings (SSSR count). The van der Waals surface area contributed by atoms with Crippen LogP contribution in [0.5, 0.6) is 0 Å². The molecule has 116 valence electrons. The van der Waals surface area contributed by atoms with Gasteiger partial charge in [0.25, 0.3) is 0 Å². The van der Waals surface area contributed by atoms with Crippen LogP contribution in [0.25, 0.3) is 0 Å². The molecule has 0 saturated carbocycles. The lowest BCUT2D eigenvalue weighted by Crippen LogP contribution is -2.32. The van der Waals surface area contributed by atoms with Crippen LogP contribution in [0.3, 0.4) is 0 Å². The number of hydrogen-bond donors (Lipinski definition) is 1. The third kappa shape index (κ3) is 7.64. The van der Waals surface area contributed by atoms with Crippen LogP contribution in [0.4, 0.5) is 0 Å². The van der Waals surface area contributed by atoms with Crippen molar-refractivity contribution in [3.63, 3.8) is 0 Å². The minimum absolute atomic E-state index is 0.562. The van der Waals surface area contributed by atoms with Crippen LogP contribution >= 0.6 is 0 Å². The minimum atomic E-state index is 0.562. The molecule has 0 radical (unpaired) electrons. The van der Waals surface area contributed by atoms with E-state index in [1.165, 1.54) is 5.56 Å². The molecule has 1 unspecified atom stereocenters. The summed E-state index contributed by atoms with van der Waals surface area (Å²) in [7, 11) is 0. The molecule has 0 aliphatic rings. The van der Waals surface area contributed by atoms with E-state index >= 15 is 0 Å². The molecule has 20 heavy (non-hydrogen) atoms. The summed E-state index contributed by atoms with van der Waals surface area (Å²) in [5, 5.41) is 3.56. The van der Waals surface area contributed by atoms with E-state index in [0.29, 0.717) is 17.9 Å². The summed E-state index contributed by atoms with van der Waals surface area (Å²) in [4.78, 5) is 4.45. The maximum atomic E-state index is 4.45. The quantitative estimate of drug-likeness (QED) is 0.826. The molecule has 1 heterocycles. The van der Waals surface area contributed by atoms with E-state index < -0.39 is 0 Å². The number of rotatable bonds is 6.